The van der Waals surface area contributed by atoms with E-state index in [1.807, 2.05) is 18.2 Å². The number of aliphatic imine (C=N–C) groups is 1. The van der Waals surface area contributed by atoms with Gasteiger partial charge in [-0.05, 0) is 37.5 Å². The highest BCUT2D eigenvalue weighted by atomic mass is 127. The Morgan fingerprint density at radius 2 is 1.55 bits per heavy atom. The largest absolute Gasteiger partial charge is 0.379 e. The molecule has 1 saturated heterocycles. The smallest absolute Gasteiger partial charge is 0.191 e. The minimum Gasteiger partial charge on any atom is -0.379 e. The first-order valence-corrected chi connectivity index (χ1v) is 11.6. The van der Waals surface area contributed by atoms with Crippen molar-refractivity contribution in [2.24, 2.45) is 4.99 Å². The molecule has 0 saturated carbocycles. The molecule has 2 aromatic carbocycles. The molecule has 182 valence electrons. The van der Waals surface area contributed by atoms with Crippen LogP contribution in [0.5, 0.6) is 0 Å². The zero-order valence-corrected chi connectivity index (χ0v) is 22.5. The normalized spacial score (nSPS) is 15.1. The number of nitrogens with one attached hydrogen (secondary N) is 2. The van der Waals surface area contributed by atoms with Crippen molar-refractivity contribution in [1.29, 1.82) is 0 Å². The summed E-state index contributed by atoms with van der Waals surface area (Å²) in [6, 6.07) is 18.8. The van der Waals surface area contributed by atoms with Gasteiger partial charge < -0.3 is 20.1 Å². The predicted octanol–water partition coefficient (Wildman–Crippen LogP) is 4.19. The number of nitrogens with zero attached hydrogens (tertiary/aromatic N) is 2. The molecule has 0 amide bonds. The molecule has 0 radical (unpaired) electrons. The number of guanidine groups is 1. The van der Waals surface area contributed by atoms with Gasteiger partial charge >= 0.3 is 0 Å². The van der Waals surface area contributed by atoms with Crippen LogP contribution in [0.25, 0.3) is 0 Å². The fourth-order valence-electron chi connectivity index (χ4n) is 3.69. The summed E-state index contributed by atoms with van der Waals surface area (Å²) in [5.74, 6) is 0.851. The number of halogens is 1. The van der Waals surface area contributed by atoms with Crippen molar-refractivity contribution in [1.82, 2.24) is 15.5 Å². The number of benzene rings is 2. The van der Waals surface area contributed by atoms with Gasteiger partial charge in [0.25, 0.3) is 0 Å². The Labute approximate surface area is 216 Å². The second-order valence-corrected chi connectivity index (χ2v) is 8.76. The van der Waals surface area contributed by atoms with E-state index in [2.05, 4.69) is 72.7 Å². The Balaban J connectivity index is 0.00000385. The number of hydrogen-bond donors (Lipinski definition) is 2. The molecule has 0 aromatic heterocycles. The highest BCUT2D eigenvalue weighted by molar-refractivity contribution is 14.0. The van der Waals surface area contributed by atoms with Gasteiger partial charge in [-0.25, -0.2) is 4.99 Å². The predicted molar refractivity (Wildman–Crippen MR) is 146 cm³/mol. The molecule has 3 rings (SSSR count). The molecule has 1 aliphatic rings. The van der Waals surface area contributed by atoms with Gasteiger partial charge in [-0.2, -0.15) is 0 Å². The topological polar surface area (TPSA) is 58.1 Å². The molecule has 0 spiro atoms. The minimum atomic E-state index is 0. The molecule has 2 N–H and O–H groups in total. The Morgan fingerprint density at radius 1 is 0.939 bits per heavy atom. The molecule has 1 aliphatic heterocycles. The average molecular weight is 567 g/mol. The summed E-state index contributed by atoms with van der Waals surface area (Å²) in [4.78, 5) is 7.26. The fraction of sp³-hybridized carbons (Fsp3) is 0.500. The molecular weight excluding hydrogens is 527 g/mol. The van der Waals surface area contributed by atoms with Gasteiger partial charge in [0.1, 0.15) is 0 Å². The molecule has 1 fully saturated rings. The highest BCUT2D eigenvalue weighted by Crippen LogP contribution is 2.15. The van der Waals surface area contributed by atoms with Crippen molar-refractivity contribution in [3.63, 3.8) is 0 Å². The lowest BCUT2D eigenvalue weighted by atomic mass is 10.0. The van der Waals surface area contributed by atoms with Crippen LogP contribution in [0.15, 0.2) is 59.6 Å². The van der Waals surface area contributed by atoms with Crippen molar-refractivity contribution < 1.29 is 9.47 Å². The molecule has 2 aromatic rings. The number of morpholine rings is 1. The number of ether oxygens (including phenoxy) is 2. The maximum Gasteiger partial charge on any atom is 0.191 e. The standard InChI is InChI=1S/C26H38N4O2.HI/c1-4-27-25(29-21-26(2,3)30-14-16-31-17-15-30)28-18-22-10-12-24(13-11-22)20-32-19-23-8-6-5-7-9-23;/h5-13H,4,14-21H2,1-3H3,(H2,27,28,29);1H. The lowest BCUT2D eigenvalue weighted by molar-refractivity contribution is -0.00834. The van der Waals surface area contributed by atoms with Crippen molar-refractivity contribution in [3.8, 4) is 0 Å². The van der Waals surface area contributed by atoms with Crippen molar-refractivity contribution in [3.05, 3.63) is 71.3 Å². The van der Waals surface area contributed by atoms with Gasteiger partial charge in [0.2, 0.25) is 0 Å². The molecule has 33 heavy (non-hydrogen) atoms. The van der Waals surface area contributed by atoms with Gasteiger partial charge in [0.05, 0.1) is 33.0 Å². The SMILES string of the molecule is CCNC(=NCc1ccc(COCc2ccccc2)cc1)NCC(C)(C)N1CCOCC1.I. The maximum absolute atomic E-state index is 5.83. The molecule has 7 heteroatoms. The number of hydrogen-bond acceptors (Lipinski definition) is 4. The van der Waals surface area contributed by atoms with E-state index < -0.39 is 0 Å². The third-order valence-electron chi connectivity index (χ3n) is 5.72. The average Bonchev–Trinajstić information content (AvgIpc) is 2.83. The summed E-state index contributed by atoms with van der Waals surface area (Å²) in [5.41, 5.74) is 3.59. The molecule has 1 heterocycles. The zero-order chi connectivity index (χ0) is 22.7. The van der Waals surface area contributed by atoms with Gasteiger partial charge in [0, 0.05) is 31.7 Å². The first-order chi connectivity index (χ1) is 15.6. The second kappa shape index (κ2) is 14.6. The summed E-state index contributed by atoms with van der Waals surface area (Å²) in [5, 5.41) is 6.88. The van der Waals surface area contributed by atoms with Crippen molar-refractivity contribution in [2.75, 3.05) is 39.4 Å². The summed E-state index contributed by atoms with van der Waals surface area (Å²) in [6.45, 7) is 13.7. The van der Waals surface area contributed by atoms with Crippen molar-refractivity contribution in [2.45, 2.75) is 46.1 Å². The van der Waals surface area contributed by atoms with E-state index in [9.17, 15) is 0 Å². The van der Waals surface area contributed by atoms with Crippen LogP contribution in [0.3, 0.4) is 0 Å². The molecule has 0 atom stereocenters. The molecule has 6 nitrogen and oxygen atoms in total. The second-order valence-electron chi connectivity index (χ2n) is 8.76. The van der Waals surface area contributed by atoms with Crippen LogP contribution in [0, 0.1) is 0 Å². The summed E-state index contributed by atoms with van der Waals surface area (Å²) >= 11 is 0. The van der Waals surface area contributed by atoms with Gasteiger partial charge in [-0.3, -0.25) is 4.90 Å². The fourth-order valence-corrected chi connectivity index (χ4v) is 3.69. The summed E-state index contributed by atoms with van der Waals surface area (Å²) in [7, 11) is 0. The van der Waals surface area contributed by atoms with Crippen LogP contribution in [0.1, 0.15) is 37.5 Å². The molecule has 0 bridgehead atoms. The Bertz CT molecular complexity index is 822. The van der Waals surface area contributed by atoms with E-state index in [0.717, 1.165) is 45.4 Å². The first kappa shape index (κ1) is 27.6. The van der Waals surface area contributed by atoms with Crippen LogP contribution in [-0.2, 0) is 29.2 Å². The zero-order valence-electron chi connectivity index (χ0n) is 20.2. The van der Waals surface area contributed by atoms with E-state index in [4.69, 9.17) is 14.5 Å². The van der Waals surface area contributed by atoms with Crippen LogP contribution in [0.2, 0.25) is 0 Å². The van der Waals surface area contributed by atoms with Gasteiger partial charge in [0.15, 0.2) is 5.96 Å². The lowest BCUT2D eigenvalue weighted by Crippen LogP contribution is -2.56. The summed E-state index contributed by atoms with van der Waals surface area (Å²) < 4.78 is 11.3. The third-order valence-corrected chi connectivity index (χ3v) is 5.72. The monoisotopic (exact) mass is 566 g/mol. The van der Waals surface area contributed by atoms with Crippen LogP contribution in [0.4, 0.5) is 0 Å². The number of rotatable bonds is 10. The van der Waals surface area contributed by atoms with E-state index >= 15 is 0 Å². The van der Waals surface area contributed by atoms with E-state index in [1.54, 1.807) is 0 Å². The Hall–Kier alpha value is -1.68. The molecule has 0 aliphatic carbocycles. The molecular formula is C26H39IN4O2. The van der Waals surface area contributed by atoms with Crippen LogP contribution < -0.4 is 10.6 Å². The van der Waals surface area contributed by atoms with Crippen LogP contribution >= 0.6 is 24.0 Å². The van der Waals surface area contributed by atoms with Gasteiger partial charge in [-0.15, -0.1) is 24.0 Å². The first-order valence-electron chi connectivity index (χ1n) is 11.6. The van der Waals surface area contributed by atoms with Crippen LogP contribution in [-0.4, -0.2) is 55.8 Å². The van der Waals surface area contributed by atoms with Gasteiger partial charge in [-0.1, -0.05) is 54.6 Å². The van der Waals surface area contributed by atoms with E-state index in [0.29, 0.717) is 19.8 Å². The Kier molecular flexibility index (Phi) is 12.2. The quantitative estimate of drug-likeness (QED) is 0.257. The summed E-state index contributed by atoms with van der Waals surface area (Å²) in [6.07, 6.45) is 0. The third kappa shape index (κ3) is 9.60. The highest BCUT2D eigenvalue weighted by Gasteiger charge is 2.28. The maximum atomic E-state index is 5.83. The Morgan fingerprint density at radius 3 is 2.18 bits per heavy atom. The van der Waals surface area contributed by atoms with E-state index in [-0.39, 0.29) is 29.5 Å². The van der Waals surface area contributed by atoms with E-state index in [1.165, 1.54) is 16.7 Å². The molecule has 0 unspecified atom stereocenters. The minimum absolute atomic E-state index is 0. The van der Waals surface area contributed by atoms with Crippen molar-refractivity contribution >= 4 is 29.9 Å². The lowest BCUT2D eigenvalue weighted by Gasteiger charge is -2.41.